The lowest BCUT2D eigenvalue weighted by atomic mass is 10.1. The lowest BCUT2D eigenvalue weighted by molar-refractivity contribution is 0.530. The second-order valence-electron chi connectivity index (χ2n) is 5.02. The predicted octanol–water partition coefficient (Wildman–Crippen LogP) is 3.40. The Kier molecular flexibility index (Phi) is 3.81. The van der Waals surface area contributed by atoms with Crippen LogP contribution in [-0.2, 0) is 0 Å². The van der Waals surface area contributed by atoms with Crippen molar-refractivity contribution in [2.45, 2.75) is 45.2 Å². The van der Waals surface area contributed by atoms with Crippen LogP contribution in [0.3, 0.4) is 0 Å². The van der Waals surface area contributed by atoms with Gasteiger partial charge in [0.15, 0.2) is 0 Å². The Balaban J connectivity index is 1.92. The third-order valence-electron chi connectivity index (χ3n) is 3.56. The van der Waals surface area contributed by atoms with Crippen molar-refractivity contribution in [2.24, 2.45) is 5.92 Å². The third-order valence-corrected chi connectivity index (χ3v) is 3.56. The highest BCUT2D eigenvalue weighted by Crippen LogP contribution is 2.36. The van der Waals surface area contributed by atoms with Crippen LogP contribution in [0.15, 0.2) is 24.3 Å². The van der Waals surface area contributed by atoms with E-state index in [2.05, 4.69) is 31.3 Å². The summed E-state index contributed by atoms with van der Waals surface area (Å²) in [5, 5.41) is 12.5. The van der Waals surface area contributed by atoms with Crippen LogP contribution in [0.4, 0.5) is 0 Å². The van der Waals surface area contributed by atoms with Gasteiger partial charge in [-0.2, -0.15) is 5.26 Å². The van der Waals surface area contributed by atoms with E-state index in [-0.39, 0.29) is 0 Å². The van der Waals surface area contributed by atoms with E-state index < -0.39 is 0 Å². The van der Waals surface area contributed by atoms with Gasteiger partial charge in [-0.1, -0.05) is 25.5 Å². The number of hydrogen-bond acceptors (Lipinski definition) is 2. The fourth-order valence-corrected chi connectivity index (χ4v) is 2.44. The summed E-state index contributed by atoms with van der Waals surface area (Å²) in [6, 6.07) is 11.1. The second-order valence-corrected chi connectivity index (χ2v) is 5.02. The van der Waals surface area contributed by atoms with Gasteiger partial charge in [0.05, 0.1) is 11.6 Å². The molecule has 0 amide bonds. The van der Waals surface area contributed by atoms with E-state index in [9.17, 15) is 0 Å². The number of rotatable bonds is 5. The van der Waals surface area contributed by atoms with E-state index in [4.69, 9.17) is 5.26 Å². The number of nitrogens with one attached hydrogen (secondary N) is 1. The maximum Gasteiger partial charge on any atom is 0.0991 e. The SMILES string of the molecule is CCCC1CC1NC(C)c1cccc(C#N)c1. The van der Waals surface area contributed by atoms with Gasteiger partial charge in [0, 0.05) is 12.1 Å². The molecule has 0 radical (unpaired) electrons. The highest BCUT2D eigenvalue weighted by Gasteiger charge is 2.36. The van der Waals surface area contributed by atoms with Gasteiger partial charge >= 0.3 is 0 Å². The van der Waals surface area contributed by atoms with E-state index in [1.165, 1.54) is 24.8 Å². The normalized spacial score (nSPS) is 24.1. The lowest BCUT2D eigenvalue weighted by Gasteiger charge is -2.14. The molecular formula is C15H20N2. The Bertz CT molecular complexity index is 419. The largest absolute Gasteiger partial charge is 0.307 e. The summed E-state index contributed by atoms with van der Waals surface area (Å²) in [6.45, 7) is 4.42. The molecule has 1 saturated carbocycles. The van der Waals surface area contributed by atoms with Crippen molar-refractivity contribution in [1.29, 1.82) is 5.26 Å². The molecule has 1 N–H and O–H groups in total. The summed E-state index contributed by atoms with van der Waals surface area (Å²) in [5.74, 6) is 0.876. The molecule has 0 aromatic heterocycles. The molecule has 0 bridgehead atoms. The molecule has 2 rings (SSSR count). The summed E-state index contributed by atoms with van der Waals surface area (Å²) >= 11 is 0. The van der Waals surface area contributed by atoms with Crippen LogP contribution in [0.25, 0.3) is 0 Å². The van der Waals surface area contributed by atoms with Crippen LogP contribution in [0.5, 0.6) is 0 Å². The first-order valence-corrected chi connectivity index (χ1v) is 6.50. The molecule has 1 aliphatic rings. The molecular weight excluding hydrogens is 208 g/mol. The first-order valence-electron chi connectivity index (χ1n) is 6.50. The van der Waals surface area contributed by atoms with Crippen molar-refractivity contribution >= 4 is 0 Å². The maximum atomic E-state index is 8.88. The number of nitrogens with zero attached hydrogens (tertiary/aromatic N) is 1. The van der Waals surface area contributed by atoms with Crippen molar-refractivity contribution in [3.8, 4) is 6.07 Å². The molecule has 3 atom stereocenters. The van der Waals surface area contributed by atoms with Crippen molar-refractivity contribution in [3.63, 3.8) is 0 Å². The molecule has 3 unspecified atom stereocenters. The van der Waals surface area contributed by atoms with Crippen LogP contribution in [0.2, 0.25) is 0 Å². The number of hydrogen-bond donors (Lipinski definition) is 1. The summed E-state index contributed by atoms with van der Waals surface area (Å²) < 4.78 is 0. The molecule has 0 saturated heterocycles. The number of nitriles is 1. The Morgan fingerprint density at radius 2 is 2.35 bits per heavy atom. The Labute approximate surface area is 104 Å². The zero-order valence-corrected chi connectivity index (χ0v) is 10.6. The van der Waals surface area contributed by atoms with E-state index in [1.807, 2.05) is 18.2 Å². The standard InChI is InChI=1S/C15H20N2/c1-3-5-14-9-15(14)17-11(2)13-7-4-6-12(8-13)10-16/h4,6-8,11,14-15,17H,3,5,9H2,1-2H3. The van der Waals surface area contributed by atoms with Gasteiger partial charge < -0.3 is 5.32 Å². The average molecular weight is 228 g/mol. The fraction of sp³-hybridized carbons (Fsp3) is 0.533. The highest BCUT2D eigenvalue weighted by molar-refractivity contribution is 5.34. The zero-order valence-electron chi connectivity index (χ0n) is 10.6. The maximum absolute atomic E-state index is 8.88. The van der Waals surface area contributed by atoms with E-state index in [0.29, 0.717) is 12.1 Å². The first kappa shape index (κ1) is 12.1. The van der Waals surface area contributed by atoms with Crippen LogP contribution < -0.4 is 5.32 Å². The predicted molar refractivity (Wildman–Crippen MR) is 69.5 cm³/mol. The molecule has 1 aromatic carbocycles. The van der Waals surface area contributed by atoms with Gasteiger partial charge in [-0.15, -0.1) is 0 Å². The summed E-state index contributed by atoms with van der Waals surface area (Å²) in [5.41, 5.74) is 1.96. The zero-order chi connectivity index (χ0) is 12.3. The van der Waals surface area contributed by atoms with Crippen LogP contribution in [0.1, 0.15) is 50.3 Å². The Hall–Kier alpha value is -1.33. The summed E-state index contributed by atoms with van der Waals surface area (Å²) in [6.07, 6.45) is 3.93. The van der Waals surface area contributed by atoms with Crippen molar-refractivity contribution in [1.82, 2.24) is 5.32 Å². The molecule has 1 aromatic rings. The molecule has 1 aliphatic carbocycles. The van der Waals surface area contributed by atoms with Gasteiger partial charge in [-0.3, -0.25) is 0 Å². The van der Waals surface area contributed by atoms with E-state index >= 15 is 0 Å². The minimum atomic E-state index is 0.343. The Morgan fingerprint density at radius 1 is 1.53 bits per heavy atom. The average Bonchev–Trinajstić information content (AvgIpc) is 3.08. The molecule has 90 valence electrons. The molecule has 2 heteroatoms. The molecule has 17 heavy (non-hydrogen) atoms. The van der Waals surface area contributed by atoms with E-state index in [1.54, 1.807) is 0 Å². The monoisotopic (exact) mass is 228 g/mol. The quantitative estimate of drug-likeness (QED) is 0.838. The van der Waals surface area contributed by atoms with Crippen LogP contribution in [-0.4, -0.2) is 6.04 Å². The van der Waals surface area contributed by atoms with Gasteiger partial charge in [0.2, 0.25) is 0 Å². The minimum absolute atomic E-state index is 0.343. The van der Waals surface area contributed by atoms with Crippen LogP contribution in [0, 0.1) is 17.2 Å². The summed E-state index contributed by atoms with van der Waals surface area (Å²) in [7, 11) is 0. The third kappa shape index (κ3) is 3.08. The van der Waals surface area contributed by atoms with Gasteiger partial charge in [-0.05, 0) is 43.4 Å². The van der Waals surface area contributed by atoms with Gasteiger partial charge in [-0.25, -0.2) is 0 Å². The van der Waals surface area contributed by atoms with Gasteiger partial charge in [0.25, 0.3) is 0 Å². The summed E-state index contributed by atoms with van der Waals surface area (Å²) in [4.78, 5) is 0. The van der Waals surface area contributed by atoms with Crippen molar-refractivity contribution in [2.75, 3.05) is 0 Å². The topological polar surface area (TPSA) is 35.8 Å². The second kappa shape index (κ2) is 5.33. The number of benzene rings is 1. The lowest BCUT2D eigenvalue weighted by Crippen LogP contribution is -2.22. The van der Waals surface area contributed by atoms with E-state index in [0.717, 1.165) is 11.5 Å². The molecule has 0 spiro atoms. The van der Waals surface area contributed by atoms with Crippen molar-refractivity contribution < 1.29 is 0 Å². The first-order chi connectivity index (χ1) is 8.24. The van der Waals surface area contributed by atoms with Crippen molar-refractivity contribution in [3.05, 3.63) is 35.4 Å². The van der Waals surface area contributed by atoms with Gasteiger partial charge in [0.1, 0.15) is 0 Å². The molecule has 0 heterocycles. The Morgan fingerprint density at radius 3 is 3.06 bits per heavy atom. The highest BCUT2D eigenvalue weighted by atomic mass is 15.0. The molecule has 0 aliphatic heterocycles. The smallest absolute Gasteiger partial charge is 0.0991 e. The molecule has 2 nitrogen and oxygen atoms in total. The van der Waals surface area contributed by atoms with Crippen LogP contribution >= 0.6 is 0 Å². The molecule has 1 fully saturated rings. The minimum Gasteiger partial charge on any atom is -0.307 e. The fourth-order valence-electron chi connectivity index (χ4n) is 2.44.